The Balaban J connectivity index is 1.51. The van der Waals surface area contributed by atoms with E-state index in [0.717, 1.165) is 19.3 Å². The Labute approximate surface area is 166 Å². The van der Waals surface area contributed by atoms with Gasteiger partial charge >= 0.3 is 0 Å². The lowest BCUT2D eigenvalue weighted by atomic mass is 9.66. The molecule has 3 N–H and O–H groups in total. The van der Waals surface area contributed by atoms with Gasteiger partial charge in [-0.05, 0) is 55.3 Å². The minimum atomic E-state index is -0.648. The van der Waals surface area contributed by atoms with Crippen LogP contribution in [-0.2, 0) is 5.41 Å². The Kier molecular flexibility index (Phi) is 4.92. The van der Waals surface area contributed by atoms with Crippen LogP contribution in [0.4, 0.5) is 14.6 Å². The van der Waals surface area contributed by atoms with Gasteiger partial charge in [-0.1, -0.05) is 6.42 Å². The molecule has 0 saturated heterocycles. The van der Waals surface area contributed by atoms with E-state index in [4.69, 9.17) is 5.73 Å². The van der Waals surface area contributed by atoms with Gasteiger partial charge in [0.25, 0.3) is 0 Å². The second kappa shape index (κ2) is 7.54. The number of hydrogen-bond acceptors (Lipinski definition) is 5. The number of nitrogens with one attached hydrogen (secondary N) is 1. The van der Waals surface area contributed by atoms with Gasteiger partial charge in [0.05, 0.1) is 11.4 Å². The number of rotatable bonds is 6. The summed E-state index contributed by atoms with van der Waals surface area (Å²) in [6.07, 6.45) is 4.29. The van der Waals surface area contributed by atoms with Crippen molar-refractivity contribution in [3.8, 4) is 11.3 Å². The standard InChI is InChI=1S/C21H19F2N5O/c22-15-5-4-13(20(24)29)11-14(15)17-6-7-18(28-27-17)26-12-21(8-2-9-21)19-16(23)3-1-10-25-19/h1,3-7,10-11H,2,8-9,12H2,(H2,24,29)(H,26,28). The maximum absolute atomic E-state index is 14.2. The molecule has 0 radical (unpaired) electrons. The number of aromatic nitrogens is 3. The second-order valence-corrected chi connectivity index (χ2v) is 7.18. The number of nitrogens with two attached hydrogens (primary N) is 1. The van der Waals surface area contributed by atoms with Crippen molar-refractivity contribution in [2.45, 2.75) is 24.7 Å². The molecule has 0 spiro atoms. The number of anilines is 1. The van der Waals surface area contributed by atoms with Crippen LogP contribution in [0.1, 0.15) is 35.3 Å². The van der Waals surface area contributed by atoms with Crippen molar-refractivity contribution in [2.24, 2.45) is 5.73 Å². The first kappa shape index (κ1) is 18.9. The molecule has 29 heavy (non-hydrogen) atoms. The van der Waals surface area contributed by atoms with Gasteiger partial charge < -0.3 is 11.1 Å². The normalized spacial score (nSPS) is 14.8. The van der Waals surface area contributed by atoms with Gasteiger partial charge in [-0.15, -0.1) is 10.2 Å². The molecular formula is C21H19F2N5O. The van der Waals surface area contributed by atoms with Crippen LogP contribution < -0.4 is 11.1 Å². The average Bonchev–Trinajstić information content (AvgIpc) is 2.69. The van der Waals surface area contributed by atoms with E-state index in [1.54, 1.807) is 24.4 Å². The van der Waals surface area contributed by atoms with E-state index in [1.807, 2.05) is 0 Å². The lowest BCUT2D eigenvalue weighted by molar-refractivity contribution is 0.100. The lowest BCUT2D eigenvalue weighted by Crippen LogP contribution is -2.42. The fourth-order valence-electron chi connectivity index (χ4n) is 3.58. The van der Waals surface area contributed by atoms with Gasteiger partial charge in [-0.25, -0.2) is 8.78 Å². The molecule has 4 rings (SSSR count). The highest BCUT2D eigenvalue weighted by Gasteiger charge is 2.41. The van der Waals surface area contributed by atoms with Crippen molar-refractivity contribution in [1.82, 2.24) is 15.2 Å². The Hall–Kier alpha value is -3.42. The fourth-order valence-corrected chi connectivity index (χ4v) is 3.58. The van der Waals surface area contributed by atoms with Crippen LogP contribution in [0.3, 0.4) is 0 Å². The van der Waals surface area contributed by atoms with E-state index in [0.29, 0.717) is 18.1 Å². The number of primary amides is 1. The van der Waals surface area contributed by atoms with Crippen molar-refractivity contribution >= 4 is 11.7 Å². The van der Waals surface area contributed by atoms with Gasteiger partial charge in [0.1, 0.15) is 17.5 Å². The number of carbonyl (C=O) groups excluding carboxylic acids is 1. The Morgan fingerprint density at radius 2 is 1.93 bits per heavy atom. The number of amides is 1. The number of hydrogen-bond donors (Lipinski definition) is 2. The lowest BCUT2D eigenvalue weighted by Gasteiger charge is -2.41. The molecule has 1 aromatic carbocycles. The molecule has 0 aliphatic heterocycles. The zero-order chi connectivity index (χ0) is 20.4. The highest BCUT2D eigenvalue weighted by molar-refractivity contribution is 5.94. The molecule has 0 unspecified atom stereocenters. The van der Waals surface area contributed by atoms with E-state index >= 15 is 0 Å². The first-order valence-corrected chi connectivity index (χ1v) is 9.27. The van der Waals surface area contributed by atoms with Crippen LogP contribution in [0.5, 0.6) is 0 Å². The molecule has 1 aliphatic carbocycles. The molecule has 8 heteroatoms. The van der Waals surface area contributed by atoms with Gasteiger partial charge in [0.2, 0.25) is 5.91 Å². The van der Waals surface area contributed by atoms with E-state index in [2.05, 4.69) is 20.5 Å². The summed E-state index contributed by atoms with van der Waals surface area (Å²) in [6, 6.07) is 10.1. The van der Waals surface area contributed by atoms with Crippen molar-refractivity contribution in [3.63, 3.8) is 0 Å². The number of nitrogens with zero attached hydrogens (tertiary/aromatic N) is 3. The molecule has 148 valence electrons. The van der Waals surface area contributed by atoms with Crippen molar-refractivity contribution in [3.05, 3.63) is 71.6 Å². The Morgan fingerprint density at radius 1 is 1.10 bits per heavy atom. The molecule has 3 aromatic rings. The topological polar surface area (TPSA) is 93.8 Å². The van der Waals surface area contributed by atoms with E-state index in [1.165, 1.54) is 24.3 Å². The number of pyridine rings is 1. The number of carbonyl (C=O) groups is 1. The molecule has 6 nitrogen and oxygen atoms in total. The summed E-state index contributed by atoms with van der Waals surface area (Å²) < 4.78 is 28.3. The SMILES string of the molecule is NC(=O)c1ccc(F)c(-c2ccc(NCC3(c4ncccc4F)CCC3)nn2)c1. The molecule has 0 bridgehead atoms. The minimum absolute atomic E-state index is 0.145. The summed E-state index contributed by atoms with van der Waals surface area (Å²) in [5.41, 5.74) is 5.97. The van der Waals surface area contributed by atoms with Crippen LogP contribution in [0.15, 0.2) is 48.7 Å². The summed E-state index contributed by atoms with van der Waals surface area (Å²) in [4.78, 5) is 15.6. The van der Waals surface area contributed by atoms with Crippen LogP contribution in [0.25, 0.3) is 11.3 Å². The fraction of sp³-hybridized carbons (Fsp3) is 0.238. The Bertz CT molecular complexity index is 1050. The first-order valence-electron chi connectivity index (χ1n) is 9.27. The minimum Gasteiger partial charge on any atom is -0.368 e. The summed E-state index contributed by atoms with van der Waals surface area (Å²) in [6.45, 7) is 0.473. The maximum Gasteiger partial charge on any atom is 0.248 e. The summed E-state index contributed by atoms with van der Waals surface area (Å²) in [5.74, 6) is -0.989. The number of benzene rings is 1. The van der Waals surface area contributed by atoms with Gasteiger partial charge in [0.15, 0.2) is 0 Å². The van der Waals surface area contributed by atoms with Crippen LogP contribution in [0, 0.1) is 11.6 Å². The van der Waals surface area contributed by atoms with Gasteiger partial charge in [-0.2, -0.15) is 0 Å². The quantitative estimate of drug-likeness (QED) is 0.667. The van der Waals surface area contributed by atoms with E-state index in [9.17, 15) is 13.6 Å². The Morgan fingerprint density at radius 3 is 2.55 bits per heavy atom. The third-order valence-corrected chi connectivity index (χ3v) is 5.37. The predicted octanol–water partition coefficient (Wildman–Crippen LogP) is 3.45. The first-order chi connectivity index (χ1) is 14.0. The van der Waals surface area contributed by atoms with Crippen LogP contribution >= 0.6 is 0 Å². The van der Waals surface area contributed by atoms with Crippen molar-refractivity contribution < 1.29 is 13.6 Å². The highest BCUT2D eigenvalue weighted by atomic mass is 19.1. The van der Waals surface area contributed by atoms with Crippen molar-refractivity contribution in [1.29, 1.82) is 0 Å². The zero-order valence-electron chi connectivity index (χ0n) is 15.5. The predicted molar refractivity (Wildman–Crippen MR) is 104 cm³/mol. The number of halogens is 2. The van der Waals surface area contributed by atoms with E-state index in [-0.39, 0.29) is 28.1 Å². The monoisotopic (exact) mass is 395 g/mol. The molecule has 1 amide bonds. The molecular weight excluding hydrogens is 376 g/mol. The molecule has 1 aliphatic rings. The highest BCUT2D eigenvalue weighted by Crippen LogP contribution is 2.43. The summed E-state index contributed by atoms with van der Waals surface area (Å²) in [5, 5.41) is 11.3. The molecule has 1 fully saturated rings. The third kappa shape index (κ3) is 3.65. The van der Waals surface area contributed by atoms with Crippen LogP contribution in [-0.4, -0.2) is 27.6 Å². The maximum atomic E-state index is 14.2. The third-order valence-electron chi connectivity index (χ3n) is 5.37. The van der Waals surface area contributed by atoms with Crippen LogP contribution in [0.2, 0.25) is 0 Å². The molecule has 2 aromatic heterocycles. The summed E-state index contributed by atoms with van der Waals surface area (Å²) in [7, 11) is 0. The average molecular weight is 395 g/mol. The second-order valence-electron chi connectivity index (χ2n) is 7.18. The van der Waals surface area contributed by atoms with E-state index < -0.39 is 11.7 Å². The molecule has 0 atom stereocenters. The summed E-state index contributed by atoms with van der Waals surface area (Å²) >= 11 is 0. The molecule has 1 saturated carbocycles. The zero-order valence-corrected chi connectivity index (χ0v) is 15.5. The van der Waals surface area contributed by atoms with Gasteiger partial charge in [0, 0.05) is 29.3 Å². The largest absolute Gasteiger partial charge is 0.368 e. The van der Waals surface area contributed by atoms with Crippen molar-refractivity contribution in [2.75, 3.05) is 11.9 Å². The smallest absolute Gasteiger partial charge is 0.248 e. The van der Waals surface area contributed by atoms with Gasteiger partial charge in [-0.3, -0.25) is 9.78 Å². The molecule has 2 heterocycles.